The number of urea groups is 1. The normalized spacial score (nSPS) is 18.6. The fourth-order valence-corrected chi connectivity index (χ4v) is 3.04. The zero-order valence-corrected chi connectivity index (χ0v) is 14.2. The highest BCUT2D eigenvalue weighted by Gasteiger charge is 2.47. The number of amides is 3. The van der Waals surface area contributed by atoms with E-state index in [2.05, 4.69) is 10.6 Å². The fraction of sp³-hybridized carbons (Fsp3) is 0.263. The van der Waals surface area contributed by atoms with E-state index in [-0.39, 0.29) is 18.0 Å². The molecular weight excluding hydrogens is 359 g/mol. The fourth-order valence-electron chi connectivity index (χ4n) is 3.04. The molecule has 4 N–H and O–H groups in total. The predicted molar refractivity (Wildman–Crippen MR) is 93.8 cm³/mol. The summed E-state index contributed by atoms with van der Waals surface area (Å²) in [5, 5.41) is 5.17. The lowest BCUT2D eigenvalue weighted by Gasteiger charge is -2.12. The zero-order chi connectivity index (χ0) is 19.6. The Kier molecular flexibility index (Phi) is 5.07. The second-order valence-corrected chi connectivity index (χ2v) is 6.44. The molecule has 5 nitrogen and oxygen atoms in total. The van der Waals surface area contributed by atoms with Crippen LogP contribution in [-0.4, -0.2) is 11.9 Å². The van der Waals surface area contributed by atoms with Crippen molar-refractivity contribution in [2.75, 3.05) is 5.32 Å². The van der Waals surface area contributed by atoms with E-state index in [4.69, 9.17) is 5.73 Å². The number of carbonyl (C=O) groups is 2. The van der Waals surface area contributed by atoms with Crippen LogP contribution in [0.2, 0.25) is 0 Å². The number of primary amides is 1. The molecule has 0 spiro atoms. The number of benzene rings is 2. The molecule has 8 heteroatoms. The van der Waals surface area contributed by atoms with Gasteiger partial charge in [0.25, 0.3) is 0 Å². The molecule has 27 heavy (non-hydrogen) atoms. The minimum absolute atomic E-state index is 0.165. The lowest BCUT2D eigenvalue weighted by Crippen LogP contribution is -2.28. The lowest BCUT2D eigenvalue weighted by molar-refractivity contribution is -0.138. The summed E-state index contributed by atoms with van der Waals surface area (Å²) in [5.41, 5.74) is 5.82. The van der Waals surface area contributed by atoms with Crippen molar-refractivity contribution >= 4 is 17.6 Å². The Balaban J connectivity index is 1.62. The van der Waals surface area contributed by atoms with Gasteiger partial charge < -0.3 is 16.4 Å². The summed E-state index contributed by atoms with van der Waals surface area (Å²) in [7, 11) is 0. The van der Waals surface area contributed by atoms with Gasteiger partial charge in [-0.25, -0.2) is 4.79 Å². The second kappa shape index (κ2) is 7.30. The number of nitrogens with one attached hydrogen (secondary N) is 2. The maximum Gasteiger partial charge on any atom is 0.416 e. The largest absolute Gasteiger partial charge is 0.416 e. The van der Waals surface area contributed by atoms with Crippen molar-refractivity contribution in [1.29, 1.82) is 0 Å². The first kappa shape index (κ1) is 18.8. The van der Waals surface area contributed by atoms with Crippen LogP contribution in [0, 0.1) is 5.92 Å². The van der Waals surface area contributed by atoms with Crippen LogP contribution in [-0.2, 0) is 17.5 Å². The van der Waals surface area contributed by atoms with E-state index >= 15 is 0 Å². The Morgan fingerprint density at radius 3 is 2.37 bits per heavy atom. The summed E-state index contributed by atoms with van der Waals surface area (Å²) in [6, 6.07) is 11.5. The van der Waals surface area contributed by atoms with Gasteiger partial charge in [-0.2, -0.15) is 13.2 Å². The van der Waals surface area contributed by atoms with Crippen molar-refractivity contribution in [3.8, 4) is 0 Å². The minimum atomic E-state index is -4.44. The molecule has 0 aliphatic heterocycles. The summed E-state index contributed by atoms with van der Waals surface area (Å²) in [4.78, 5) is 23.0. The molecule has 1 saturated carbocycles. The van der Waals surface area contributed by atoms with Crippen molar-refractivity contribution in [2.24, 2.45) is 11.7 Å². The van der Waals surface area contributed by atoms with Crippen molar-refractivity contribution in [2.45, 2.75) is 25.1 Å². The molecule has 2 aromatic carbocycles. The number of halogens is 3. The Morgan fingerprint density at radius 1 is 1.07 bits per heavy atom. The molecule has 0 saturated heterocycles. The highest BCUT2D eigenvalue weighted by atomic mass is 19.4. The number of hydrogen-bond acceptors (Lipinski definition) is 2. The quantitative estimate of drug-likeness (QED) is 0.744. The molecule has 1 aliphatic carbocycles. The van der Waals surface area contributed by atoms with Crippen molar-refractivity contribution in [3.63, 3.8) is 0 Å². The molecule has 2 aromatic rings. The van der Waals surface area contributed by atoms with Gasteiger partial charge >= 0.3 is 12.2 Å². The van der Waals surface area contributed by atoms with E-state index in [9.17, 15) is 22.8 Å². The topological polar surface area (TPSA) is 84.2 Å². The number of nitrogens with two attached hydrogens (primary N) is 1. The van der Waals surface area contributed by atoms with Crippen LogP contribution >= 0.6 is 0 Å². The first-order chi connectivity index (χ1) is 12.8. The minimum Gasteiger partial charge on any atom is -0.352 e. The number of carbonyl (C=O) groups excluding carboxylic acids is 2. The number of rotatable bonds is 5. The highest BCUT2D eigenvalue weighted by Crippen LogP contribution is 2.51. The lowest BCUT2D eigenvalue weighted by atomic mass is 10.0. The Bertz CT molecular complexity index is 850. The van der Waals surface area contributed by atoms with Crippen LogP contribution in [0.3, 0.4) is 0 Å². The molecule has 3 rings (SSSR count). The van der Waals surface area contributed by atoms with Gasteiger partial charge in [0.1, 0.15) is 0 Å². The molecule has 1 fully saturated rings. The SMILES string of the molecule is NC(=O)NCc1ccc(NC(=O)[C@H]2C[C@@H]2c2ccccc2C(F)(F)F)cc1. The third-order valence-corrected chi connectivity index (χ3v) is 4.48. The maximum absolute atomic E-state index is 13.1. The molecule has 0 unspecified atom stereocenters. The predicted octanol–water partition coefficient (Wildman–Crippen LogP) is 3.62. The average Bonchev–Trinajstić information content (AvgIpc) is 3.41. The van der Waals surface area contributed by atoms with Crippen LogP contribution < -0.4 is 16.4 Å². The molecule has 0 bridgehead atoms. The summed E-state index contributed by atoms with van der Waals surface area (Å²) >= 11 is 0. The van der Waals surface area contributed by atoms with Crippen molar-refractivity contribution in [3.05, 3.63) is 65.2 Å². The first-order valence-corrected chi connectivity index (χ1v) is 8.35. The number of hydrogen-bond donors (Lipinski definition) is 3. The third kappa shape index (κ3) is 4.58. The molecular formula is C19H18F3N3O2. The Morgan fingerprint density at radius 2 is 1.74 bits per heavy atom. The molecule has 0 radical (unpaired) electrons. The monoisotopic (exact) mass is 377 g/mol. The number of alkyl halides is 3. The van der Waals surface area contributed by atoms with Gasteiger partial charge in [0.2, 0.25) is 5.91 Å². The Hall–Kier alpha value is -3.03. The van der Waals surface area contributed by atoms with Crippen molar-refractivity contribution < 1.29 is 22.8 Å². The maximum atomic E-state index is 13.1. The van der Waals surface area contributed by atoms with Crippen LogP contribution in [0.1, 0.15) is 29.0 Å². The Labute approximate surface area is 153 Å². The molecule has 1 aliphatic rings. The zero-order valence-electron chi connectivity index (χ0n) is 14.2. The summed E-state index contributed by atoms with van der Waals surface area (Å²) < 4.78 is 39.4. The molecule has 2 atom stereocenters. The smallest absolute Gasteiger partial charge is 0.352 e. The van der Waals surface area contributed by atoms with Gasteiger partial charge in [0, 0.05) is 18.2 Å². The molecule has 3 amide bonds. The van der Waals surface area contributed by atoms with Gasteiger partial charge in [-0.15, -0.1) is 0 Å². The highest BCUT2D eigenvalue weighted by molar-refractivity contribution is 5.95. The van der Waals surface area contributed by atoms with Gasteiger partial charge in [-0.1, -0.05) is 30.3 Å². The second-order valence-electron chi connectivity index (χ2n) is 6.44. The van der Waals surface area contributed by atoms with Gasteiger partial charge in [0.15, 0.2) is 0 Å². The van der Waals surface area contributed by atoms with E-state index in [1.807, 2.05) is 0 Å². The van der Waals surface area contributed by atoms with Crippen molar-refractivity contribution in [1.82, 2.24) is 5.32 Å². The van der Waals surface area contributed by atoms with E-state index < -0.39 is 29.6 Å². The molecule has 0 heterocycles. The molecule has 0 aromatic heterocycles. The summed E-state index contributed by atoms with van der Waals surface area (Å²) in [6.07, 6.45) is -4.05. The van der Waals surface area contributed by atoms with E-state index in [1.165, 1.54) is 12.1 Å². The van der Waals surface area contributed by atoms with E-state index in [0.29, 0.717) is 12.1 Å². The van der Waals surface area contributed by atoms with E-state index in [1.54, 1.807) is 30.3 Å². The van der Waals surface area contributed by atoms with Crippen LogP contribution in [0.15, 0.2) is 48.5 Å². The third-order valence-electron chi connectivity index (χ3n) is 4.48. The van der Waals surface area contributed by atoms with Crippen LogP contribution in [0.5, 0.6) is 0 Å². The summed E-state index contributed by atoms with van der Waals surface area (Å²) in [6.45, 7) is 0.266. The van der Waals surface area contributed by atoms with Gasteiger partial charge in [-0.3, -0.25) is 4.79 Å². The standard InChI is InChI=1S/C19H18F3N3O2/c20-19(21,22)16-4-2-1-3-13(16)14-9-15(14)17(26)25-12-7-5-11(6-8-12)10-24-18(23)27/h1-8,14-15H,9-10H2,(H,25,26)(H3,23,24,27)/t14-,15+/m1/s1. The average molecular weight is 377 g/mol. The number of anilines is 1. The summed E-state index contributed by atoms with van der Waals surface area (Å²) in [5.74, 6) is -1.22. The van der Waals surface area contributed by atoms with Gasteiger partial charge in [0.05, 0.1) is 5.56 Å². The van der Waals surface area contributed by atoms with Crippen LogP contribution in [0.4, 0.5) is 23.7 Å². The molecule has 142 valence electrons. The van der Waals surface area contributed by atoms with Gasteiger partial charge in [-0.05, 0) is 41.7 Å². The van der Waals surface area contributed by atoms with Crippen LogP contribution in [0.25, 0.3) is 0 Å². The first-order valence-electron chi connectivity index (χ1n) is 8.35. The van der Waals surface area contributed by atoms with E-state index in [0.717, 1.165) is 11.6 Å².